The Morgan fingerprint density at radius 2 is 2.29 bits per heavy atom. The lowest BCUT2D eigenvalue weighted by molar-refractivity contribution is -0.0252. The molecule has 2 aliphatic rings. The highest BCUT2D eigenvalue weighted by Crippen LogP contribution is 2.35. The molecule has 24 heavy (non-hydrogen) atoms. The molecule has 1 N–H and O–H groups in total. The summed E-state index contributed by atoms with van der Waals surface area (Å²) in [4.78, 5) is 14.2. The van der Waals surface area contributed by atoms with E-state index in [9.17, 15) is 4.79 Å². The van der Waals surface area contributed by atoms with Crippen molar-refractivity contribution in [2.45, 2.75) is 38.7 Å². The molecule has 5 heteroatoms. The number of morpholine rings is 1. The molecule has 1 saturated heterocycles. The minimum absolute atomic E-state index is 0.0299. The molecule has 132 valence electrons. The molecule has 3 rings (SSSR count). The van der Waals surface area contributed by atoms with Crippen molar-refractivity contribution in [3.63, 3.8) is 0 Å². The highest BCUT2D eigenvalue weighted by molar-refractivity contribution is 5.74. The highest BCUT2D eigenvalue weighted by Gasteiger charge is 2.36. The molecule has 0 aromatic heterocycles. The summed E-state index contributed by atoms with van der Waals surface area (Å²) >= 11 is 0. The van der Waals surface area contributed by atoms with Crippen LogP contribution in [0.5, 0.6) is 5.75 Å². The predicted molar refractivity (Wildman–Crippen MR) is 93.4 cm³/mol. The van der Waals surface area contributed by atoms with E-state index in [0.29, 0.717) is 25.6 Å². The van der Waals surface area contributed by atoms with Gasteiger partial charge in [0.25, 0.3) is 0 Å². The summed E-state index contributed by atoms with van der Waals surface area (Å²) in [7, 11) is 0. The van der Waals surface area contributed by atoms with Crippen molar-refractivity contribution in [3.05, 3.63) is 29.8 Å². The van der Waals surface area contributed by atoms with Crippen LogP contribution in [0.15, 0.2) is 24.3 Å². The number of nitrogens with one attached hydrogen (secondary N) is 1. The van der Waals surface area contributed by atoms with Gasteiger partial charge in [0.05, 0.1) is 19.3 Å². The highest BCUT2D eigenvalue weighted by atomic mass is 16.5. The maximum atomic E-state index is 12.3. The van der Waals surface area contributed by atoms with Gasteiger partial charge in [-0.1, -0.05) is 19.1 Å². The maximum Gasteiger partial charge on any atom is 0.317 e. The average molecular weight is 332 g/mol. The van der Waals surface area contributed by atoms with Crippen LogP contribution in [0, 0.1) is 5.92 Å². The number of amides is 2. The monoisotopic (exact) mass is 332 g/mol. The average Bonchev–Trinajstić information content (AvgIpc) is 3.45. The molecule has 1 aromatic carbocycles. The summed E-state index contributed by atoms with van der Waals surface area (Å²) in [6, 6.07) is 8.14. The van der Waals surface area contributed by atoms with Crippen LogP contribution in [0.25, 0.3) is 0 Å². The van der Waals surface area contributed by atoms with E-state index in [0.717, 1.165) is 31.7 Å². The van der Waals surface area contributed by atoms with Gasteiger partial charge in [0, 0.05) is 19.6 Å². The summed E-state index contributed by atoms with van der Waals surface area (Å²) in [6.07, 6.45) is 4.55. The van der Waals surface area contributed by atoms with Gasteiger partial charge in [0.1, 0.15) is 5.75 Å². The largest absolute Gasteiger partial charge is 0.494 e. The lowest BCUT2D eigenvalue weighted by Crippen LogP contribution is -2.50. The molecule has 1 aliphatic heterocycles. The Kier molecular flexibility index (Phi) is 5.96. The second-order valence-corrected chi connectivity index (χ2v) is 6.67. The van der Waals surface area contributed by atoms with Gasteiger partial charge in [-0.2, -0.15) is 0 Å². The molecule has 0 unspecified atom stereocenters. The Morgan fingerprint density at radius 3 is 3.08 bits per heavy atom. The number of benzene rings is 1. The Hall–Kier alpha value is -1.75. The molecule has 0 radical (unpaired) electrons. The number of hydrogen-bond donors (Lipinski definition) is 1. The van der Waals surface area contributed by atoms with Crippen molar-refractivity contribution < 1.29 is 14.3 Å². The van der Waals surface area contributed by atoms with Crippen LogP contribution in [-0.4, -0.2) is 49.9 Å². The van der Waals surface area contributed by atoms with E-state index in [1.165, 1.54) is 18.4 Å². The number of carbonyl (C=O) groups is 1. The SMILES string of the molecule is CCCOc1cccc(CCNC(=O)N2CCO[C@H](C3CC3)C2)c1. The molecular formula is C19H28N2O3. The fraction of sp³-hybridized carbons (Fsp3) is 0.632. The topological polar surface area (TPSA) is 50.8 Å². The van der Waals surface area contributed by atoms with Gasteiger partial charge in [-0.05, 0) is 49.3 Å². The van der Waals surface area contributed by atoms with Crippen molar-refractivity contribution in [3.8, 4) is 5.75 Å². The minimum Gasteiger partial charge on any atom is -0.494 e. The van der Waals surface area contributed by atoms with Crippen molar-refractivity contribution in [2.24, 2.45) is 5.92 Å². The zero-order valence-corrected chi connectivity index (χ0v) is 14.5. The number of hydrogen-bond acceptors (Lipinski definition) is 3. The minimum atomic E-state index is 0.0299. The first-order valence-corrected chi connectivity index (χ1v) is 9.12. The number of ether oxygens (including phenoxy) is 2. The van der Waals surface area contributed by atoms with E-state index < -0.39 is 0 Å². The second kappa shape index (κ2) is 8.38. The van der Waals surface area contributed by atoms with Crippen LogP contribution in [0.1, 0.15) is 31.7 Å². The van der Waals surface area contributed by atoms with Gasteiger partial charge >= 0.3 is 6.03 Å². The number of carbonyl (C=O) groups excluding carboxylic acids is 1. The van der Waals surface area contributed by atoms with E-state index >= 15 is 0 Å². The smallest absolute Gasteiger partial charge is 0.317 e. The van der Waals surface area contributed by atoms with Gasteiger partial charge < -0.3 is 19.7 Å². The molecule has 1 saturated carbocycles. The van der Waals surface area contributed by atoms with Crippen molar-refractivity contribution in [1.82, 2.24) is 10.2 Å². The summed E-state index contributed by atoms with van der Waals surface area (Å²) < 4.78 is 11.4. The van der Waals surface area contributed by atoms with Crippen LogP contribution in [-0.2, 0) is 11.2 Å². The molecule has 1 atom stereocenters. The van der Waals surface area contributed by atoms with Crippen LogP contribution in [0.3, 0.4) is 0 Å². The third-order valence-electron chi connectivity index (χ3n) is 4.59. The van der Waals surface area contributed by atoms with E-state index in [-0.39, 0.29) is 12.1 Å². The third kappa shape index (κ3) is 4.87. The Morgan fingerprint density at radius 1 is 1.42 bits per heavy atom. The molecular weight excluding hydrogens is 304 g/mol. The normalized spacial score (nSPS) is 20.7. The Bertz CT molecular complexity index is 545. The molecule has 1 aromatic rings. The number of urea groups is 1. The van der Waals surface area contributed by atoms with E-state index in [2.05, 4.69) is 24.4 Å². The van der Waals surface area contributed by atoms with Gasteiger partial charge in [-0.3, -0.25) is 0 Å². The summed E-state index contributed by atoms with van der Waals surface area (Å²) in [5, 5.41) is 3.03. The molecule has 2 amide bonds. The zero-order valence-electron chi connectivity index (χ0n) is 14.5. The number of nitrogens with zero attached hydrogens (tertiary/aromatic N) is 1. The fourth-order valence-corrected chi connectivity index (χ4v) is 3.05. The Labute approximate surface area is 144 Å². The summed E-state index contributed by atoms with van der Waals surface area (Å²) in [6.45, 7) is 5.55. The molecule has 5 nitrogen and oxygen atoms in total. The predicted octanol–water partition coefficient (Wildman–Crippen LogP) is 2.84. The molecule has 1 aliphatic carbocycles. The Balaban J connectivity index is 1.41. The summed E-state index contributed by atoms with van der Waals surface area (Å²) in [5.41, 5.74) is 1.18. The van der Waals surface area contributed by atoms with Gasteiger partial charge in [-0.15, -0.1) is 0 Å². The maximum absolute atomic E-state index is 12.3. The summed E-state index contributed by atoms with van der Waals surface area (Å²) in [5.74, 6) is 1.58. The first-order valence-electron chi connectivity index (χ1n) is 9.12. The lowest BCUT2D eigenvalue weighted by atomic mass is 10.1. The standard InChI is InChI=1S/C19H28N2O3/c1-2-11-23-17-5-3-4-15(13-17)8-9-20-19(22)21-10-12-24-18(14-21)16-6-7-16/h3-5,13,16,18H,2,6-12,14H2,1H3,(H,20,22)/t18-/m0/s1. The van der Waals surface area contributed by atoms with E-state index in [4.69, 9.17) is 9.47 Å². The van der Waals surface area contributed by atoms with Crippen LogP contribution in [0.4, 0.5) is 4.79 Å². The van der Waals surface area contributed by atoms with Crippen molar-refractivity contribution in [1.29, 1.82) is 0 Å². The molecule has 2 fully saturated rings. The van der Waals surface area contributed by atoms with Gasteiger partial charge in [0.15, 0.2) is 0 Å². The number of rotatable bonds is 7. The molecule has 0 spiro atoms. The quantitative estimate of drug-likeness (QED) is 0.835. The van der Waals surface area contributed by atoms with Crippen LogP contribution in [0.2, 0.25) is 0 Å². The molecule has 1 heterocycles. The van der Waals surface area contributed by atoms with Crippen molar-refractivity contribution >= 4 is 6.03 Å². The fourth-order valence-electron chi connectivity index (χ4n) is 3.05. The van der Waals surface area contributed by atoms with E-state index in [1.54, 1.807) is 0 Å². The van der Waals surface area contributed by atoms with Crippen LogP contribution < -0.4 is 10.1 Å². The van der Waals surface area contributed by atoms with Gasteiger partial charge in [0.2, 0.25) is 0 Å². The first kappa shape index (κ1) is 17.1. The third-order valence-corrected chi connectivity index (χ3v) is 4.59. The first-order chi connectivity index (χ1) is 11.8. The van der Waals surface area contributed by atoms with Crippen LogP contribution >= 0.6 is 0 Å². The zero-order chi connectivity index (χ0) is 16.8. The lowest BCUT2D eigenvalue weighted by Gasteiger charge is -2.33. The molecule has 0 bridgehead atoms. The second-order valence-electron chi connectivity index (χ2n) is 6.67. The van der Waals surface area contributed by atoms with Gasteiger partial charge in [-0.25, -0.2) is 4.79 Å². The van der Waals surface area contributed by atoms with E-state index in [1.807, 2.05) is 17.0 Å². The van der Waals surface area contributed by atoms with Crippen molar-refractivity contribution in [2.75, 3.05) is 32.8 Å².